The van der Waals surface area contributed by atoms with Gasteiger partial charge in [0.15, 0.2) is 11.5 Å². The van der Waals surface area contributed by atoms with Crippen LogP contribution in [0.2, 0.25) is 5.02 Å². The number of benzene rings is 3. The van der Waals surface area contributed by atoms with Gasteiger partial charge in [-0.05, 0) is 55.3 Å². The molecule has 0 unspecified atom stereocenters. The Balaban J connectivity index is 1.31. The van der Waals surface area contributed by atoms with Gasteiger partial charge >= 0.3 is 0 Å². The molecule has 1 heterocycles. The molecular formula is C27H31ClN2O2. The minimum absolute atomic E-state index is 0.475. The van der Waals surface area contributed by atoms with Crippen molar-refractivity contribution in [1.82, 2.24) is 10.2 Å². The second-order valence-electron chi connectivity index (χ2n) is 8.28. The molecular weight excluding hydrogens is 420 g/mol. The highest BCUT2D eigenvalue weighted by Gasteiger charge is 2.20. The monoisotopic (exact) mass is 450 g/mol. The molecule has 0 aromatic heterocycles. The summed E-state index contributed by atoms with van der Waals surface area (Å²) in [5.41, 5.74) is 3.58. The summed E-state index contributed by atoms with van der Waals surface area (Å²) in [6.07, 6.45) is 2.30. The van der Waals surface area contributed by atoms with Gasteiger partial charge in [0, 0.05) is 29.7 Å². The summed E-state index contributed by atoms with van der Waals surface area (Å²) in [6.45, 7) is 4.50. The van der Waals surface area contributed by atoms with Gasteiger partial charge in [0.05, 0.1) is 7.11 Å². The van der Waals surface area contributed by atoms with Gasteiger partial charge in [-0.1, -0.05) is 66.2 Å². The van der Waals surface area contributed by atoms with Crippen molar-refractivity contribution in [2.45, 2.75) is 38.6 Å². The van der Waals surface area contributed by atoms with Gasteiger partial charge in [-0.3, -0.25) is 4.90 Å². The number of nitrogens with zero attached hydrogens (tertiary/aromatic N) is 1. The number of methoxy groups -OCH3 is 1. The average molecular weight is 451 g/mol. The van der Waals surface area contributed by atoms with E-state index in [1.807, 2.05) is 36.4 Å². The first-order chi connectivity index (χ1) is 15.7. The first-order valence-electron chi connectivity index (χ1n) is 11.2. The zero-order chi connectivity index (χ0) is 22.2. The van der Waals surface area contributed by atoms with E-state index < -0.39 is 0 Å². The van der Waals surface area contributed by atoms with E-state index in [0.717, 1.165) is 66.7 Å². The van der Waals surface area contributed by atoms with E-state index in [1.54, 1.807) is 7.11 Å². The predicted octanol–water partition coefficient (Wildman–Crippen LogP) is 5.68. The number of likely N-dealkylation sites (tertiary alicyclic amines) is 1. The zero-order valence-electron chi connectivity index (χ0n) is 18.6. The Kier molecular flexibility index (Phi) is 8.05. The fourth-order valence-electron chi connectivity index (χ4n) is 4.15. The second kappa shape index (κ2) is 11.4. The molecule has 3 aromatic rings. The minimum atomic E-state index is 0.475. The highest BCUT2D eigenvalue weighted by atomic mass is 35.5. The van der Waals surface area contributed by atoms with Gasteiger partial charge in [0.25, 0.3) is 0 Å². The van der Waals surface area contributed by atoms with Crippen LogP contribution in [0.1, 0.15) is 29.5 Å². The first-order valence-corrected chi connectivity index (χ1v) is 11.6. The molecule has 32 heavy (non-hydrogen) atoms. The van der Waals surface area contributed by atoms with Crippen LogP contribution in [0.25, 0.3) is 0 Å². The fraction of sp³-hybridized carbons (Fsp3) is 0.333. The summed E-state index contributed by atoms with van der Waals surface area (Å²) >= 11 is 5.99. The lowest BCUT2D eigenvalue weighted by molar-refractivity contribution is 0.189. The molecule has 1 fully saturated rings. The number of piperidine rings is 1. The second-order valence-corrected chi connectivity index (χ2v) is 8.72. The quantitative estimate of drug-likeness (QED) is 0.454. The van der Waals surface area contributed by atoms with E-state index in [0.29, 0.717) is 12.6 Å². The first kappa shape index (κ1) is 22.7. The molecule has 0 aliphatic carbocycles. The van der Waals surface area contributed by atoms with Crippen molar-refractivity contribution in [3.8, 4) is 11.5 Å². The molecule has 1 aliphatic heterocycles. The van der Waals surface area contributed by atoms with E-state index in [9.17, 15) is 0 Å². The standard InChI is InChI=1S/C27H31ClN2O2/c1-31-26-9-5-8-23(27(26)32-20-22-10-12-24(28)13-11-22)18-29-25-14-16-30(17-15-25)19-21-6-3-2-4-7-21/h2-13,25,29H,14-20H2,1H3. The van der Waals surface area contributed by atoms with Gasteiger partial charge in [0.2, 0.25) is 0 Å². The minimum Gasteiger partial charge on any atom is -0.493 e. The topological polar surface area (TPSA) is 33.7 Å². The van der Waals surface area contributed by atoms with Crippen LogP contribution in [0, 0.1) is 0 Å². The number of nitrogens with one attached hydrogen (secondary N) is 1. The molecule has 0 saturated carbocycles. The summed E-state index contributed by atoms with van der Waals surface area (Å²) in [5, 5.41) is 4.47. The smallest absolute Gasteiger partial charge is 0.166 e. The molecule has 1 aliphatic rings. The number of hydrogen-bond acceptors (Lipinski definition) is 4. The Morgan fingerprint density at radius 2 is 1.66 bits per heavy atom. The van der Waals surface area contributed by atoms with Crippen LogP contribution in [0.4, 0.5) is 0 Å². The summed E-state index contributed by atoms with van der Waals surface area (Å²) in [6, 6.07) is 25.0. The lowest BCUT2D eigenvalue weighted by Crippen LogP contribution is -2.41. The molecule has 0 atom stereocenters. The Morgan fingerprint density at radius 1 is 0.906 bits per heavy atom. The largest absolute Gasteiger partial charge is 0.493 e. The van der Waals surface area contributed by atoms with Crippen LogP contribution in [0.3, 0.4) is 0 Å². The van der Waals surface area contributed by atoms with E-state index in [2.05, 4.69) is 46.6 Å². The lowest BCUT2D eigenvalue weighted by atomic mass is 10.0. The van der Waals surface area contributed by atoms with Crippen molar-refractivity contribution in [2.75, 3.05) is 20.2 Å². The summed E-state index contributed by atoms with van der Waals surface area (Å²) in [4.78, 5) is 2.54. The molecule has 5 heteroatoms. The van der Waals surface area contributed by atoms with Gasteiger partial charge in [-0.25, -0.2) is 0 Å². The third-order valence-electron chi connectivity index (χ3n) is 5.99. The van der Waals surface area contributed by atoms with Crippen LogP contribution in [-0.2, 0) is 19.7 Å². The summed E-state index contributed by atoms with van der Waals surface area (Å²) < 4.78 is 11.8. The molecule has 0 spiro atoms. The number of rotatable bonds is 9. The SMILES string of the molecule is COc1cccc(CNC2CCN(Cc3ccccc3)CC2)c1OCc1ccc(Cl)cc1. The molecule has 4 rings (SSSR count). The lowest BCUT2D eigenvalue weighted by Gasteiger charge is -2.32. The van der Waals surface area contributed by atoms with Crippen LogP contribution < -0.4 is 14.8 Å². The third-order valence-corrected chi connectivity index (χ3v) is 6.25. The molecule has 3 aromatic carbocycles. The van der Waals surface area contributed by atoms with Crippen molar-refractivity contribution in [1.29, 1.82) is 0 Å². The van der Waals surface area contributed by atoms with Crippen LogP contribution >= 0.6 is 11.6 Å². The average Bonchev–Trinajstić information content (AvgIpc) is 2.84. The Bertz CT molecular complexity index is 971. The van der Waals surface area contributed by atoms with Gasteiger partial charge in [-0.2, -0.15) is 0 Å². The zero-order valence-corrected chi connectivity index (χ0v) is 19.4. The number of ether oxygens (including phenoxy) is 2. The van der Waals surface area contributed by atoms with Crippen molar-refractivity contribution in [3.63, 3.8) is 0 Å². The predicted molar refractivity (Wildman–Crippen MR) is 130 cm³/mol. The maximum absolute atomic E-state index is 6.19. The Morgan fingerprint density at radius 3 is 2.38 bits per heavy atom. The van der Waals surface area contributed by atoms with Crippen molar-refractivity contribution in [3.05, 3.63) is 94.5 Å². The molecule has 1 saturated heterocycles. The highest BCUT2D eigenvalue weighted by molar-refractivity contribution is 6.30. The number of halogens is 1. The normalized spacial score (nSPS) is 14.9. The van der Waals surface area contributed by atoms with E-state index in [1.165, 1.54) is 5.56 Å². The molecule has 1 N–H and O–H groups in total. The number of para-hydroxylation sites is 1. The van der Waals surface area contributed by atoms with Gasteiger partial charge < -0.3 is 14.8 Å². The fourth-order valence-corrected chi connectivity index (χ4v) is 4.28. The third kappa shape index (κ3) is 6.26. The van der Waals surface area contributed by atoms with Crippen LogP contribution in [0.15, 0.2) is 72.8 Å². The Hall–Kier alpha value is -2.53. The van der Waals surface area contributed by atoms with Crippen molar-refractivity contribution in [2.24, 2.45) is 0 Å². The van der Waals surface area contributed by atoms with Crippen molar-refractivity contribution >= 4 is 11.6 Å². The summed E-state index contributed by atoms with van der Waals surface area (Å²) in [5.74, 6) is 1.56. The van der Waals surface area contributed by atoms with Crippen molar-refractivity contribution < 1.29 is 9.47 Å². The molecule has 0 radical (unpaired) electrons. The van der Waals surface area contributed by atoms with E-state index in [4.69, 9.17) is 21.1 Å². The van der Waals surface area contributed by atoms with Crippen LogP contribution in [0.5, 0.6) is 11.5 Å². The van der Waals surface area contributed by atoms with Gasteiger partial charge in [-0.15, -0.1) is 0 Å². The maximum atomic E-state index is 6.19. The highest BCUT2D eigenvalue weighted by Crippen LogP contribution is 2.32. The van der Waals surface area contributed by atoms with Crippen LogP contribution in [-0.4, -0.2) is 31.1 Å². The molecule has 0 bridgehead atoms. The van der Waals surface area contributed by atoms with E-state index >= 15 is 0 Å². The molecule has 0 amide bonds. The molecule has 168 valence electrons. The Labute approximate surface area is 196 Å². The maximum Gasteiger partial charge on any atom is 0.166 e. The van der Waals surface area contributed by atoms with Gasteiger partial charge in [0.1, 0.15) is 6.61 Å². The summed E-state index contributed by atoms with van der Waals surface area (Å²) in [7, 11) is 1.68. The van der Waals surface area contributed by atoms with E-state index in [-0.39, 0.29) is 0 Å². The molecule has 4 nitrogen and oxygen atoms in total. The number of hydrogen-bond donors (Lipinski definition) is 1.